The van der Waals surface area contributed by atoms with Crippen molar-refractivity contribution < 1.29 is 4.74 Å². The molecule has 0 aliphatic carbocycles. The summed E-state index contributed by atoms with van der Waals surface area (Å²) in [6.45, 7) is 3.71. The highest BCUT2D eigenvalue weighted by Gasteiger charge is 2.23. The molecule has 2 unspecified atom stereocenters. The van der Waals surface area contributed by atoms with Crippen molar-refractivity contribution >= 4 is 23.2 Å². The summed E-state index contributed by atoms with van der Waals surface area (Å²) < 4.78 is 5.34. The summed E-state index contributed by atoms with van der Waals surface area (Å²) in [5.74, 6) is 1.38. The number of nitrogens with two attached hydrogens (primary N) is 1. The van der Waals surface area contributed by atoms with Crippen LogP contribution in [0.4, 0.5) is 11.6 Å². The zero-order chi connectivity index (χ0) is 11.5. The van der Waals surface area contributed by atoms with E-state index in [9.17, 15) is 0 Å². The van der Waals surface area contributed by atoms with Crippen molar-refractivity contribution in [3.63, 3.8) is 0 Å². The van der Waals surface area contributed by atoms with E-state index in [1.54, 1.807) is 0 Å². The fourth-order valence-corrected chi connectivity index (χ4v) is 1.92. The molecule has 0 amide bonds. The molecule has 2 rings (SSSR count). The minimum absolute atomic E-state index is 0.259. The van der Waals surface area contributed by atoms with Gasteiger partial charge in [-0.2, -0.15) is 0 Å². The zero-order valence-corrected chi connectivity index (χ0v) is 9.87. The Labute approximate surface area is 99.4 Å². The number of anilines is 2. The van der Waals surface area contributed by atoms with Gasteiger partial charge in [0, 0.05) is 18.6 Å². The van der Waals surface area contributed by atoms with Gasteiger partial charge >= 0.3 is 0 Å². The molecule has 0 aromatic carbocycles. The SMILES string of the molecule is CC(Nc1ncnc(N)c1Cl)C1CCOC1. The molecule has 2 atom stereocenters. The van der Waals surface area contributed by atoms with Crippen LogP contribution in [0.15, 0.2) is 6.33 Å². The van der Waals surface area contributed by atoms with Crippen molar-refractivity contribution in [3.05, 3.63) is 11.3 Å². The van der Waals surface area contributed by atoms with E-state index in [1.807, 2.05) is 0 Å². The van der Waals surface area contributed by atoms with Crippen LogP contribution in [0.3, 0.4) is 0 Å². The molecule has 1 aliphatic rings. The molecule has 0 saturated carbocycles. The summed E-state index contributed by atoms with van der Waals surface area (Å²) in [5, 5.41) is 3.63. The smallest absolute Gasteiger partial charge is 0.150 e. The number of hydrogen-bond donors (Lipinski definition) is 2. The molecule has 0 radical (unpaired) electrons. The second-order valence-corrected chi connectivity index (χ2v) is 4.36. The highest BCUT2D eigenvalue weighted by molar-refractivity contribution is 6.35. The Morgan fingerprint density at radius 2 is 2.44 bits per heavy atom. The lowest BCUT2D eigenvalue weighted by Crippen LogP contribution is -2.26. The molecule has 16 heavy (non-hydrogen) atoms. The maximum atomic E-state index is 6.00. The van der Waals surface area contributed by atoms with E-state index in [-0.39, 0.29) is 6.04 Å². The van der Waals surface area contributed by atoms with Crippen molar-refractivity contribution in [2.45, 2.75) is 19.4 Å². The van der Waals surface area contributed by atoms with Gasteiger partial charge < -0.3 is 15.8 Å². The Hall–Kier alpha value is -1.07. The van der Waals surface area contributed by atoms with Crippen molar-refractivity contribution in [2.75, 3.05) is 24.3 Å². The van der Waals surface area contributed by atoms with Gasteiger partial charge in [0.05, 0.1) is 6.61 Å². The van der Waals surface area contributed by atoms with E-state index >= 15 is 0 Å². The number of nitrogens with zero attached hydrogens (tertiary/aromatic N) is 2. The van der Waals surface area contributed by atoms with E-state index in [2.05, 4.69) is 22.2 Å². The molecule has 88 valence electrons. The lowest BCUT2D eigenvalue weighted by atomic mass is 10.0. The third-order valence-corrected chi connectivity index (χ3v) is 3.23. The molecule has 1 aromatic heterocycles. The summed E-state index contributed by atoms with van der Waals surface area (Å²) in [5.41, 5.74) is 5.60. The number of halogens is 1. The number of nitrogens with one attached hydrogen (secondary N) is 1. The second kappa shape index (κ2) is 4.84. The lowest BCUT2D eigenvalue weighted by Gasteiger charge is -2.20. The summed E-state index contributed by atoms with van der Waals surface area (Å²) in [4.78, 5) is 7.89. The molecule has 1 fully saturated rings. The maximum absolute atomic E-state index is 6.00. The predicted octanol–water partition coefficient (Wildman–Crippen LogP) is 1.55. The third kappa shape index (κ3) is 2.36. The van der Waals surface area contributed by atoms with Crippen molar-refractivity contribution in [2.24, 2.45) is 5.92 Å². The van der Waals surface area contributed by atoms with Crippen LogP contribution >= 0.6 is 11.6 Å². The average Bonchev–Trinajstić information content (AvgIpc) is 2.78. The highest BCUT2D eigenvalue weighted by atomic mass is 35.5. The first kappa shape index (κ1) is 11.4. The molecule has 1 aromatic rings. The Balaban J connectivity index is 2.05. The first-order valence-corrected chi connectivity index (χ1v) is 5.66. The fourth-order valence-electron chi connectivity index (χ4n) is 1.76. The number of hydrogen-bond acceptors (Lipinski definition) is 5. The van der Waals surface area contributed by atoms with E-state index in [1.165, 1.54) is 6.33 Å². The zero-order valence-electron chi connectivity index (χ0n) is 9.11. The summed E-state index contributed by atoms with van der Waals surface area (Å²) >= 11 is 6.00. The molecular weight excluding hydrogens is 228 g/mol. The highest BCUT2D eigenvalue weighted by Crippen LogP contribution is 2.26. The normalized spacial score (nSPS) is 22.0. The van der Waals surface area contributed by atoms with Crippen LogP contribution in [0.5, 0.6) is 0 Å². The van der Waals surface area contributed by atoms with Gasteiger partial charge in [0.2, 0.25) is 0 Å². The van der Waals surface area contributed by atoms with E-state index in [0.29, 0.717) is 22.6 Å². The van der Waals surface area contributed by atoms with Crippen LogP contribution in [-0.4, -0.2) is 29.2 Å². The largest absolute Gasteiger partial charge is 0.382 e. The van der Waals surface area contributed by atoms with Crippen LogP contribution in [0.25, 0.3) is 0 Å². The van der Waals surface area contributed by atoms with Gasteiger partial charge in [0.25, 0.3) is 0 Å². The maximum Gasteiger partial charge on any atom is 0.150 e. The van der Waals surface area contributed by atoms with Gasteiger partial charge in [-0.25, -0.2) is 9.97 Å². The van der Waals surface area contributed by atoms with Crippen molar-refractivity contribution in [3.8, 4) is 0 Å². The summed E-state index contributed by atoms with van der Waals surface area (Å²) in [6, 6.07) is 0.259. The van der Waals surface area contributed by atoms with Gasteiger partial charge in [-0.1, -0.05) is 11.6 Å². The van der Waals surface area contributed by atoms with E-state index in [0.717, 1.165) is 19.6 Å². The molecule has 5 nitrogen and oxygen atoms in total. The number of nitrogen functional groups attached to an aromatic ring is 1. The van der Waals surface area contributed by atoms with Gasteiger partial charge in [0.1, 0.15) is 17.2 Å². The van der Waals surface area contributed by atoms with Crippen LogP contribution in [0.2, 0.25) is 5.02 Å². The van der Waals surface area contributed by atoms with Crippen LogP contribution in [0.1, 0.15) is 13.3 Å². The molecule has 2 heterocycles. The minimum atomic E-state index is 0.259. The molecule has 0 spiro atoms. The molecular formula is C10H15ClN4O. The number of ether oxygens (including phenoxy) is 1. The van der Waals surface area contributed by atoms with Gasteiger partial charge in [0.15, 0.2) is 5.82 Å². The van der Waals surface area contributed by atoms with Gasteiger partial charge in [-0.05, 0) is 13.3 Å². The summed E-state index contributed by atoms with van der Waals surface area (Å²) in [6.07, 6.45) is 2.47. The Morgan fingerprint density at radius 1 is 1.62 bits per heavy atom. The standard InChI is InChI=1S/C10H15ClN4O/c1-6(7-2-3-16-4-7)15-10-8(11)9(12)13-5-14-10/h5-7H,2-4H2,1H3,(H3,12,13,14,15). The van der Waals surface area contributed by atoms with Crippen molar-refractivity contribution in [1.82, 2.24) is 9.97 Å². The van der Waals surface area contributed by atoms with E-state index in [4.69, 9.17) is 22.1 Å². The lowest BCUT2D eigenvalue weighted by molar-refractivity contribution is 0.183. The molecule has 6 heteroatoms. The average molecular weight is 243 g/mol. The molecule has 1 aliphatic heterocycles. The molecule has 0 bridgehead atoms. The fraction of sp³-hybridized carbons (Fsp3) is 0.600. The first-order chi connectivity index (χ1) is 7.68. The topological polar surface area (TPSA) is 73.1 Å². The quantitative estimate of drug-likeness (QED) is 0.841. The minimum Gasteiger partial charge on any atom is -0.382 e. The Bertz CT molecular complexity index is 368. The van der Waals surface area contributed by atoms with Crippen molar-refractivity contribution in [1.29, 1.82) is 0 Å². The number of rotatable bonds is 3. The first-order valence-electron chi connectivity index (χ1n) is 5.28. The molecule has 3 N–H and O–H groups in total. The van der Waals surface area contributed by atoms with Crippen LogP contribution in [-0.2, 0) is 4.74 Å². The van der Waals surface area contributed by atoms with Gasteiger partial charge in [-0.3, -0.25) is 0 Å². The summed E-state index contributed by atoms with van der Waals surface area (Å²) in [7, 11) is 0. The third-order valence-electron chi connectivity index (χ3n) is 2.85. The van der Waals surface area contributed by atoms with Gasteiger partial charge in [-0.15, -0.1) is 0 Å². The monoisotopic (exact) mass is 242 g/mol. The van der Waals surface area contributed by atoms with Crippen LogP contribution < -0.4 is 11.1 Å². The Morgan fingerprint density at radius 3 is 3.12 bits per heavy atom. The van der Waals surface area contributed by atoms with Crippen LogP contribution in [0, 0.1) is 5.92 Å². The second-order valence-electron chi connectivity index (χ2n) is 3.98. The van der Waals surface area contributed by atoms with E-state index < -0.39 is 0 Å². The predicted molar refractivity (Wildman–Crippen MR) is 63.5 cm³/mol. The number of aromatic nitrogens is 2. The molecule has 1 saturated heterocycles. The Kier molecular flexibility index (Phi) is 3.46.